The number of anilines is 1. The molecule has 140 valence electrons. The first-order chi connectivity index (χ1) is 12.2. The molecule has 2 N–H and O–H groups in total. The molecule has 0 fully saturated rings. The van der Waals surface area contributed by atoms with Gasteiger partial charge in [-0.2, -0.15) is 18.3 Å². The zero-order chi connectivity index (χ0) is 19.3. The zero-order valence-electron chi connectivity index (χ0n) is 13.7. The lowest BCUT2D eigenvalue weighted by atomic mass is 10.2. The second kappa shape index (κ2) is 8.00. The number of aromatic carboxylic acids is 1. The first-order valence-corrected chi connectivity index (χ1v) is 7.60. The van der Waals surface area contributed by atoms with Crippen LogP contribution in [0.5, 0.6) is 0 Å². The summed E-state index contributed by atoms with van der Waals surface area (Å²) in [6.07, 6.45) is -4.18. The summed E-state index contributed by atoms with van der Waals surface area (Å²) < 4.78 is 45.3. The van der Waals surface area contributed by atoms with E-state index in [0.717, 1.165) is 0 Å². The largest absolute Gasteiger partial charge is 0.478 e. The summed E-state index contributed by atoms with van der Waals surface area (Å²) in [5.41, 5.74) is -2.13. The van der Waals surface area contributed by atoms with Gasteiger partial charge < -0.3 is 15.2 Å². The maximum absolute atomic E-state index is 13.3. The summed E-state index contributed by atoms with van der Waals surface area (Å²) in [5, 5.41) is 15.0. The normalized spacial score (nSPS) is 11.4. The summed E-state index contributed by atoms with van der Waals surface area (Å²) >= 11 is 0. The Hall–Kier alpha value is -2.88. The Bertz CT molecular complexity index is 802. The molecule has 0 aliphatic carbocycles. The number of benzene rings is 1. The summed E-state index contributed by atoms with van der Waals surface area (Å²) in [4.78, 5) is 22.8. The minimum absolute atomic E-state index is 0.0348. The van der Waals surface area contributed by atoms with Gasteiger partial charge in [0, 0.05) is 12.3 Å². The second-order valence-corrected chi connectivity index (χ2v) is 5.17. The average Bonchev–Trinajstić information content (AvgIpc) is 3.01. The van der Waals surface area contributed by atoms with Crippen molar-refractivity contribution in [3.05, 3.63) is 41.7 Å². The number of nitrogens with zero attached hydrogens (tertiary/aromatic N) is 2. The van der Waals surface area contributed by atoms with Crippen LogP contribution in [-0.4, -0.2) is 40.0 Å². The molecule has 0 aliphatic heterocycles. The molecule has 1 heterocycles. The lowest BCUT2D eigenvalue weighted by Crippen LogP contribution is -2.18. The predicted molar refractivity (Wildman–Crippen MR) is 85.3 cm³/mol. The van der Waals surface area contributed by atoms with E-state index in [1.807, 2.05) is 0 Å². The van der Waals surface area contributed by atoms with E-state index in [-0.39, 0.29) is 30.3 Å². The van der Waals surface area contributed by atoms with Crippen LogP contribution >= 0.6 is 0 Å². The Morgan fingerprint density at radius 2 is 2.08 bits per heavy atom. The van der Waals surface area contributed by atoms with E-state index in [2.05, 4.69) is 10.4 Å². The highest BCUT2D eigenvalue weighted by Gasteiger charge is 2.40. The van der Waals surface area contributed by atoms with Crippen LogP contribution in [0.1, 0.15) is 29.4 Å². The number of amides is 1. The van der Waals surface area contributed by atoms with E-state index >= 15 is 0 Å². The van der Waals surface area contributed by atoms with Crippen LogP contribution < -0.4 is 5.32 Å². The van der Waals surface area contributed by atoms with Crippen molar-refractivity contribution < 1.29 is 32.6 Å². The van der Waals surface area contributed by atoms with Crippen molar-refractivity contribution in [2.24, 2.45) is 0 Å². The number of carbonyl (C=O) groups is 2. The van der Waals surface area contributed by atoms with Gasteiger partial charge in [-0.3, -0.25) is 4.79 Å². The minimum Gasteiger partial charge on any atom is -0.478 e. The fourth-order valence-corrected chi connectivity index (χ4v) is 2.22. The van der Waals surface area contributed by atoms with Gasteiger partial charge >= 0.3 is 12.1 Å². The van der Waals surface area contributed by atoms with Crippen molar-refractivity contribution in [3.63, 3.8) is 0 Å². The fourth-order valence-electron chi connectivity index (χ4n) is 2.22. The molecule has 0 saturated heterocycles. The number of halogens is 3. The van der Waals surface area contributed by atoms with Crippen molar-refractivity contribution in [1.82, 2.24) is 9.78 Å². The number of alkyl halides is 3. The molecule has 10 heteroatoms. The van der Waals surface area contributed by atoms with Crippen LogP contribution in [0.4, 0.5) is 18.9 Å². The lowest BCUT2D eigenvalue weighted by molar-refractivity contribution is -0.143. The molecule has 1 aromatic carbocycles. The van der Waals surface area contributed by atoms with Crippen molar-refractivity contribution in [3.8, 4) is 5.69 Å². The van der Waals surface area contributed by atoms with E-state index in [0.29, 0.717) is 17.5 Å². The van der Waals surface area contributed by atoms with Gasteiger partial charge in [0.05, 0.1) is 24.9 Å². The number of aromatic nitrogens is 2. The minimum atomic E-state index is -4.92. The topological polar surface area (TPSA) is 93.5 Å². The molecule has 2 rings (SSSR count). The molecule has 0 saturated carbocycles. The number of hydrogen-bond acceptors (Lipinski definition) is 4. The van der Waals surface area contributed by atoms with Crippen LogP contribution in [0.15, 0.2) is 30.5 Å². The number of rotatable bonds is 7. The van der Waals surface area contributed by atoms with E-state index in [9.17, 15) is 22.8 Å². The molecule has 0 bridgehead atoms. The van der Waals surface area contributed by atoms with Crippen LogP contribution in [0.2, 0.25) is 0 Å². The van der Waals surface area contributed by atoms with Gasteiger partial charge in [0.25, 0.3) is 0 Å². The summed E-state index contributed by atoms with van der Waals surface area (Å²) in [6.45, 7) is 2.48. The number of carbonyl (C=O) groups excluding carboxylic acids is 1. The van der Waals surface area contributed by atoms with Crippen molar-refractivity contribution in [2.75, 3.05) is 18.5 Å². The Morgan fingerprint density at radius 1 is 1.35 bits per heavy atom. The van der Waals surface area contributed by atoms with Gasteiger partial charge in [-0.1, -0.05) is 6.07 Å². The van der Waals surface area contributed by atoms with Crippen molar-refractivity contribution >= 4 is 17.6 Å². The quantitative estimate of drug-likeness (QED) is 0.730. The van der Waals surface area contributed by atoms with E-state index in [1.54, 1.807) is 6.92 Å². The highest BCUT2D eigenvalue weighted by atomic mass is 19.4. The zero-order valence-corrected chi connectivity index (χ0v) is 13.7. The smallest absolute Gasteiger partial charge is 0.434 e. The molecule has 1 amide bonds. The van der Waals surface area contributed by atoms with Gasteiger partial charge in [0.1, 0.15) is 5.56 Å². The van der Waals surface area contributed by atoms with Gasteiger partial charge in [0.15, 0.2) is 5.69 Å². The maximum atomic E-state index is 13.3. The van der Waals surface area contributed by atoms with E-state index < -0.39 is 23.4 Å². The molecule has 26 heavy (non-hydrogen) atoms. The molecule has 2 aromatic rings. The third-order valence-corrected chi connectivity index (χ3v) is 3.32. The van der Waals surface area contributed by atoms with Crippen molar-refractivity contribution in [2.45, 2.75) is 19.5 Å². The molecule has 0 atom stereocenters. The van der Waals surface area contributed by atoms with Crippen LogP contribution in [0.25, 0.3) is 5.69 Å². The summed E-state index contributed by atoms with van der Waals surface area (Å²) in [5.74, 6) is -2.10. The summed E-state index contributed by atoms with van der Waals surface area (Å²) in [7, 11) is 0. The number of carboxylic acid groups (broad SMARTS) is 1. The highest BCUT2D eigenvalue weighted by molar-refractivity contribution is 5.91. The summed E-state index contributed by atoms with van der Waals surface area (Å²) in [6, 6.07) is 5.52. The van der Waals surface area contributed by atoms with Crippen LogP contribution in [0, 0.1) is 0 Å². The number of hydrogen-bond donors (Lipinski definition) is 2. The van der Waals surface area contributed by atoms with E-state index in [4.69, 9.17) is 9.84 Å². The van der Waals surface area contributed by atoms with Crippen LogP contribution in [0.3, 0.4) is 0 Å². The second-order valence-electron chi connectivity index (χ2n) is 5.17. The first kappa shape index (κ1) is 19.4. The molecular weight excluding hydrogens is 355 g/mol. The third kappa shape index (κ3) is 4.60. The monoisotopic (exact) mass is 371 g/mol. The number of ether oxygens (including phenoxy) is 1. The molecular formula is C16H16F3N3O4. The Kier molecular flexibility index (Phi) is 5.98. The Labute approximate surface area is 146 Å². The molecule has 0 spiro atoms. The van der Waals surface area contributed by atoms with Gasteiger partial charge in [-0.15, -0.1) is 0 Å². The number of carboxylic acids is 1. The van der Waals surface area contributed by atoms with Crippen molar-refractivity contribution in [1.29, 1.82) is 0 Å². The van der Waals surface area contributed by atoms with Gasteiger partial charge in [0.2, 0.25) is 5.91 Å². The Morgan fingerprint density at radius 3 is 2.69 bits per heavy atom. The molecule has 0 unspecified atom stereocenters. The third-order valence-electron chi connectivity index (χ3n) is 3.32. The standard InChI is InChI=1S/C16H16F3N3O4/c1-2-26-7-6-13(23)21-10-4-3-5-11(8-10)22-14(16(17,18)19)12(9-20-22)15(24)25/h3-5,8-9H,2,6-7H2,1H3,(H,21,23)(H,24,25). The average molecular weight is 371 g/mol. The lowest BCUT2D eigenvalue weighted by Gasteiger charge is -2.13. The van der Waals surface area contributed by atoms with E-state index in [1.165, 1.54) is 24.3 Å². The SMILES string of the molecule is CCOCCC(=O)Nc1cccc(-n2ncc(C(=O)O)c2C(F)(F)F)c1. The maximum Gasteiger partial charge on any atom is 0.434 e. The van der Waals surface area contributed by atoms with Crippen LogP contribution in [-0.2, 0) is 15.7 Å². The van der Waals surface area contributed by atoms with Gasteiger partial charge in [-0.05, 0) is 25.1 Å². The highest BCUT2D eigenvalue weighted by Crippen LogP contribution is 2.34. The molecule has 0 radical (unpaired) electrons. The fraction of sp³-hybridized carbons (Fsp3) is 0.312. The molecule has 0 aliphatic rings. The molecule has 1 aromatic heterocycles. The molecule has 7 nitrogen and oxygen atoms in total. The number of nitrogens with one attached hydrogen (secondary N) is 1. The van der Waals surface area contributed by atoms with Gasteiger partial charge in [-0.25, -0.2) is 9.48 Å². The first-order valence-electron chi connectivity index (χ1n) is 7.60. The Balaban J connectivity index is 2.31. The predicted octanol–water partition coefficient (Wildman–Crippen LogP) is 2.95.